The van der Waals surface area contributed by atoms with Gasteiger partial charge in [-0.05, 0) is 78.6 Å². The summed E-state index contributed by atoms with van der Waals surface area (Å²) < 4.78 is 14.4. The van der Waals surface area contributed by atoms with Gasteiger partial charge in [0.1, 0.15) is 23.0 Å². The van der Waals surface area contributed by atoms with Gasteiger partial charge in [0.2, 0.25) is 0 Å². The van der Waals surface area contributed by atoms with Crippen LogP contribution in [-0.2, 0) is 11.8 Å². The van der Waals surface area contributed by atoms with Gasteiger partial charge >= 0.3 is 0 Å². The van der Waals surface area contributed by atoms with E-state index in [1.54, 1.807) is 0 Å². The summed E-state index contributed by atoms with van der Waals surface area (Å²) in [7, 11) is 0. The number of aryl methyl sites for hydroxylation is 2. The number of aromatic nitrogens is 2. The fraction of sp³-hybridized carbons (Fsp3) is 0.0476. The maximum absolute atomic E-state index is 7.19. The summed E-state index contributed by atoms with van der Waals surface area (Å²) in [4.78, 5) is 9.03. The number of ether oxygens (including phenoxy) is 2. The molecule has 6 heteroatoms. The predicted molar refractivity (Wildman–Crippen MR) is 199 cm³/mol. The summed E-state index contributed by atoms with van der Waals surface area (Å²) in [6.45, 7) is 4.03. The Bertz CT molecular complexity index is 2300. The molecular formula is C42H29N2O2PS. The van der Waals surface area contributed by atoms with Crippen molar-refractivity contribution in [3.8, 4) is 67.5 Å². The number of pyridine rings is 2. The molecule has 48 heavy (non-hydrogen) atoms. The molecule has 0 saturated carbocycles. The summed E-state index contributed by atoms with van der Waals surface area (Å²) in [5, 5.41) is 3.01. The Morgan fingerprint density at radius 3 is 1.35 bits per heavy atom. The maximum atomic E-state index is 7.19. The molecule has 2 aromatic heterocycles. The Kier molecular flexibility index (Phi) is 6.68. The first-order valence-corrected chi connectivity index (χ1v) is 18.7. The minimum absolute atomic E-state index is 0.750. The lowest BCUT2D eigenvalue weighted by Gasteiger charge is -2.40. The van der Waals surface area contributed by atoms with Gasteiger partial charge < -0.3 is 9.47 Å². The molecule has 2 aliphatic heterocycles. The lowest BCUT2D eigenvalue weighted by atomic mass is 9.96. The Labute approximate surface area is 284 Å². The van der Waals surface area contributed by atoms with Gasteiger partial charge in [-0.1, -0.05) is 96.7 Å². The van der Waals surface area contributed by atoms with Gasteiger partial charge in [-0.25, -0.2) is 0 Å². The Morgan fingerprint density at radius 1 is 0.458 bits per heavy atom. The molecule has 0 amide bonds. The topological polar surface area (TPSA) is 44.2 Å². The normalized spacial score (nSPS) is 13.4. The highest BCUT2D eigenvalue weighted by Crippen LogP contribution is 2.63. The number of para-hydroxylation sites is 2. The van der Waals surface area contributed by atoms with Crippen LogP contribution in [0.3, 0.4) is 0 Å². The smallest absolute Gasteiger partial charge is 0.148 e. The average Bonchev–Trinajstić information content (AvgIpc) is 3.12. The van der Waals surface area contributed by atoms with Crippen molar-refractivity contribution in [2.24, 2.45) is 0 Å². The average molecular weight is 657 g/mol. The van der Waals surface area contributed by atoms with Crippen molar-refractivity contribution < 1.29 is 9.47 Å². The number of nitrogens with zero attached hydrogens (tertiary/aromatic N) is 2. The fourth-order valence-corrected chi connectivity index (χ4v) is 11.5. The van der Waals surface area contributed by atoms with Gasteiger partial charge in [-0.15, -0.1) is 0 Å². The molecule has 0 atom stereocenters. The number of hydrogen-bond acceptors (Lipinski definition) is 5. The van der Waals surface area contributed by atoms with Crippen LogP contribution in [0.5, 0.6) is 23.0 Å². The monoisotopic (exact) mass is 656 g/mol. The molecule has 0 aliphatic carbocycles. The minimum Gasteiger partial charge on any atom is -0.454 e. The zero-order valence-electron chi connectivity index (χ0n) is 26.3. The third-order valence-electron chi connectivity index (χ3n) is 9.18. The van der Waals surface area contributed by atoms with E-state index in [2.05, 4.69) is 113 Å². The quantitative estimate of drug-likeness (QED) is 0.177. The van der Waals surface area contributed by atoms with E-state index in [-0.39, 0.29) is 0 Å². The van der Waals surface area contributed by atoms with Crippen molar-refractivity contribution >= 4 is 33.8 Å². The van der Waals surface area contributed by atoms with E-state index in [4.69, 9.17) is 21.3 Å². The van der Waals surface area contributed by atoms with Crippen molar-refractivity contribution in [1.29, 1.82) is 0 Å². The van der Waals surface area contributed by atoms with Crippen molar-refractivity contribution in [2.45, 2.75) is 13.8 Å². The molecule has 0 unspecified atom stereocenters. The van der Waals surface area contributed by atoms with E-state index in [9.17, 15) is 0 Å². The van der Waals surface area contributed by atoms with Gasteiger partial charge in [0, 0.05) is 56.6 Å². The molecule has 5 aromatic carbocycles. The van der Waals surface area contributed by atoms with Crippen molar-refractivity contribution in [3.05, 3.63) is 151 Å². The maximum Gasteiger partial charge on any atom is 0.148 e. The molecule has 0 saturated heterocycles. The summed E-state index contributed by atoms with van der Waals surface area (Å²) >= 11 is 7.17. The second-order valence-corrected chi connectivity index (χ2v) is 16.5. The summed E-state index contributed by atoms with van der Waals surface area (Å²) in [6.07, 6.45) is 3.71. The van der Waals surface area contributed by atoms with Gasteiger partial charge in [-0.3, -0.25) is 9.97 Å². The molecule has 230 valence electrons. The highest BCUT2D eigenvalue weighted by Gasteiger charge is 2.46. The van der Waals surface area contributed by atoms with Crippen LogP contribution in [0, 0.1) is 13.8 Å². The van der Waals surface area contributed by atoms with Crippen LogP contribution >= 0.6 is 6.04 Å². The lowest BCUT2D eigenvalue weighted by Crippen LogP contribution is -2.36. The first-order chi connectivity index (χ1) is 23.5. The Morgan fingerprint density at radius 2 is 0.917 bits per heavy atom. The lowest BCUT2D eigenvalue weighted by molar-refractivity contribution is 0.470. The summed E-state index contributed by atoms with van der Waals surface area (Å²) in [5.74, 6) is 3.12. The van der Waals surface area contributed by atoms with E-state index in [0.717, 1.165) is 94.8 Å². The van der Waals surface area contributed by atoms with Crippen LogP contribution < -0.4 is 25.4 Å². The van der Waals surface area contributed by atoms with Crippen LogP contribution in [0.4, 0.5) is 0 Å². The third-order valence-corrected chi connectivity index (χ3v) is 14.0. The van der Waals surface area contributed by atoms with Crippen LogP contribution in [0.25, 0.3) is 44.5 Å². The predicted octanol–water partition coefficient (Wildman–Crippen LogP) is 9.73. The first-order valence-electron chi connectivity index (χ1n) is 15.9. The minimum atomic E-state index is -2.78. The highest BCUT2D eigenvalue weighted by molar-refractivity contribution is 8.26. The second kappa shape index (κ2) is 11.1. The Hall–Kier alpha value is -5.35. The second-order valence-electron chi connectivity index (χ2n) is 12.2. The molecule has 2 aliphatic rings. The molecular weight excluding hydrogens is 628 g/mol. The molecule has 4 heterocycles. The molecule has 0 fully saturated rings. The van der Waals surface area contributed by atoms with E-state index < -0.39 is 6.04 Å². The third kappa shape index (κ3) is 4.39. The number of hydrogen-bond donors (Lipinski definition) is 0. The van der Waals surface area contributed by atoms with Crippen LogP contribution in [0.1, 0.15) is 11.4 Å². The number of rotatable bonds is 4. The molecule has 0 N–H and O–H groups in total. The molecule has 4 nitrogen and oxygen atoms in total. The standard InChI is InChI=1S/C42H29N2O2PS/c1-26-23-30(19-21-43-26)34-25-35(31-20-22-44-27(2)24-31)41-42-40(34)45-38-32(28-11-5-3-6-12-28)15-9-17-36(38)47(42,48)37-18-10-16-33(39(37)46-41)29-13-7-4-8-14-29/h3-25H,1-2H3. The van der Waals surface area contributed by atoms with E-state index in [1.807, 2.05) is 50.5 Å². The van der Waals surface area contributed by atoms with Crippen molar-refractivity contribution in [1.82, 2.24) is 9.97 Å². The van der Waals surface area contributed by atoms with Gasteiger partial charge in [0.05, 0.1) is 11.3 Å². The van der Waals surface area contributed by atoms with Crippen molar-refractivity contribution in [2.75, 3.05) is 0 Å². The highest BCUT2D eigenvalue weighted by atomic mass is 32.4. The zero-order valence-corrected chi connectivity index (χ0v) is 28.1. The van der Waals surface area contributed by atoms with Gasteiger partial charge in [0.25, 0.3) is 0 Å². The van der Waals surface area contributed by atoms with E-state index >= 15 is 0 Å². The zero-order chi connectivity index (χ0) is 32.4. The number of fused-ring (bicyclic) bond motifs is 4. The van der Waals surface area contributed by atoms with Crippen LogP contribution in [0.2, 0.25) is 0 Å². The summed E-state index contributed by atoms with van der Waals surface area (Å²) in [5.41, 5.74) is 9.98. The SMILES string of the molecule is Cc1cc(-c2cc(-c3ccnc(C)c3)c3c4c2Oc2c(-c5ccccc5)cccc2P4(=S)c2cccc(-c4ccccc4)c2O3)ccn1. The van der Waals surface area contributed by atoms with Gasteiger partial charge in [0.15, 0.2) is 0 Å². The Balaban J connectivity index is 1.44. The van der Waals surface area contributed by atoms with Crippen LogP contribution in [0.15, 0.2) is 140 Å². The number of benzene rings is 5. The molecule has 9 rings (SSSR count). The summed E-state index contributed by atoms with van der Waals surface area (Å²) in [6, 6.07) is 41.4. The molecule has 7 aromatic rings. The molecule has 0 bridgehead atoms. The first kappa shape index (κ1) is 28.8. The van der Waals surface area contributed by atoms with E-state index in [0.29, 0.717) is 0 Å². The van der Waals surface area contributed by atoms with Crippen LogP contribution in [-0.4, -0.2) is 9.97 Å². The molecule has 0 spiro atoms. The fourth-order valence-electron chi connectivity index (χ4n) is 7.01. The van der Waals surface area contributed by atoms with Crippen molar-refractivity contribution in [3.63, 3.8) is 0 Å². The largest absolute Gasteiger partial charge is 0.454 e. The van der Waals surface area contributed by atoms with E-state index in [1.165, 1.54) is 0 Å². The molecule has 0 radical (unpaired) electrons. The van der Waals surface area contributed by atoms with Gasteiger partial charge in [-0.2, -0.15) is 0 Å².